The van der Waals surface area contributed by atoms with Crippen molar-refractivity contribution in [1.82, 2.24) is 10.6 Å². The van der Waals surface area contributed by atoms with Crippen LogP contribution in [0.2, 0.25) is 0 Å². The van der Waals surface area contributed by atoms with Crippen LogP contribution < -0.4 is 10.6 Å². The van der Waals surface area contributed by atoms with Crippen LogP contribution in [0.1, 0.15) is 13.3 Å². The van der Waals surface area contributed by atoms with E-state index >= 15 is 0 Å². The van der Waals surface area contributed by atoms with Crippen molar-refractivity contribution in [3.63, 3.8) is 0 Å². The molecule has 6 heteroatoms. The smallest absolute Gasteiger partial charge is 0.117 e. The molecule has 0 aromatic rings. The zero-order valence-electron chi connectivity index (χ0n) is 11.7. The van der Waals surface area contributed by atoms with Crippen molar-refractivity contribution >= 4 is 0 Å². The van der Waals surface area contributed by atoms with E-state index in [0.717, 1.165) is 12.1 Å². The first-order chi connectivity index (χ1) is 9.20. The summed E-state index contributed by atoms with van der Waals surface area (Å²) in [6.07, 6.45) is 0.847. The third-order valence-electron chi connectivity index (χ3n) is 2.11. The molecule has 0 saturated carbocycles. The Hall–Kier alpha value is -1.11. The molecule has 0 aliphatic rings. The zero-order valence-corrected chi connectivity index (χ0v) is 11.7. The molecule has 0 aromatic heterocycles. The van der Waals surface area contributed by atoms with E-state index in [1.807, 2.05) is 6.92 Å². The molecule has 0 aromatic carbocycles. The highest BCUT2D eigenvalue weighted by molar-refractivity contribution is 5.01. The standard InChI is InChI=1S/C13H25FN2O3/c1-4-12(2)16-13(3)15-11-19-10-9-18-8-7-17-6-5-14/h15-16H,2-11H2,1H3. The summed E-state index contributed by atoms with van der Waals surface area (Å²) in [5, 5.41) is 5.96. The van der Waals surface area contributed by atoms with E-state index in [1.165, 1.54) is 0 Å². The van der Waals surface area contributed by atoms with Crippen LogP contribution in [-0.2, 0) is 14.2 Å². The molecular formula is C13H25FN2O3. The summed E-state index contributed by atoms with van der Waals surface area (Å²) in [7, 11) is 0. The Morgan fingerprint density at radius 3 is 2.16 bits per heavy atom. The number of hydrogen-bond acceptors (Lipinski definition) is 5. The zero-order chi connectivity index (χ0) is 14.3. The van der Waals surface area contributed by atoms with E-state index in [1.54, 1.807) is 0 Å². The van der Waals surface area contributed by atoms with Crippen LogP contribution in [0.3, 0.4) is 0 Å². The topological polar surface area (TPSA) is 51.8 Å². The number of nitrogens with one attached hydrogen (secondary N) is 2. The fourth-order valence-electron chi connectivity index (χ4n) is 1.05. The van der Waals surface area contributed by atoms with Gasteiger partial charge in [-0.1, -0.05) is 20.1 Å². The van der Waals surface area contributed by atoms with Gasteiger partial charge in [0.05, 0.1) is 38.9 Å². The number of hydrogen-bond donors (Lipinski definition) is 2. The molecule has 0 heterocycles. The Labute approximate surface area is 114 Å². The normalized spacial score (nSPS) is 10.2. The number of allylic oxidation sites excluding steroid dienone is 1. The van der Waals surface area contributed by atoms with Crippen LogP contribution in [0.25, 0.3) is 0 Å². The largest absolute Gasteiger partial charge is 0.377 e. The van der Waals surface area contributed by atoms with Gasteiger partial charge in [-0.25, -0.2) is 4.39 Å². The molecule has 0 unspecified atom stereocenters. The third kappa shape index (κ3) is 13.1. The molecular weight excluding hydrogens is 251 g/mol. The maximum Gasteiger partial charge on any atom is 0.117 e. The van der Waals surface area contributed by atoms with Gasteiger partial charge < -0.3 is 24.8 Å². The first-order valence-corrected chi connectivity index (χ1v) is 6.37. The highest BCUT2D eigenvalue weighted by Crippen LogP contribution is 1.92. The predicted octanol–water partition coefficient (Wildman–Crippen LogP) is 1.54. The predicted molar refractivity (Wildman–Crippen MR) is 73.3 cm³/mol. The third-order valence-corrected chi connectivity index (χ3v) is 2.11. The molecule has 0 aliphatic heterocycles. The Balaban J connectivity index is 3.18. The highest BCUT2D eigenvalue weighted by atomic mass is 19.1. The molecule has 2 N–H and O–H groups in total. The van der Waals surface area contributed by atoms with Crippen molar-refractivity contribution in [3.8, 4) is 0 Å². The van der Waals surface area contributed by atoms with Gasteiger partial charge in [0.15, 0.2) is 0 Å². The number of rotatable bonds is 14. The molecule has 0 fully saturated rings. The molecule has 112 valence electrons. The van der Waals surface area contributed by atoms with E-state index in [-0.39, 0.29) is 6.61 Å². The summed E-state index contributed by atoms with van der Waals surface area (Å²) in [6, 6.07) is 0. The van der Waals surface area contributed by atoms with Crippen molar-refractivity contribution in [2.75, 3.05) is 46.4 Å². The van der Waals surface area contributed by atoms with Crippen LogP contribution in [-0.4, -0.2) is 46.4 Å². The number of halogens is 1. The van der Waals surface area contributed by atoms with E-state index in [4.69, 9.17) is 14.2 Å². The fraction of sp³-hybridized carbons (Fsp3) is 0.692. The van der Waals surface area contributed by atoms with Gasteiger partial charge in [0.1, 0.15) is 13.4 Å². The lowest BCUT2D eigenvalue weighted by Crippen LogP contribution is -2.27. The Kier molecular flexibility index (Phi) is 12.5. The van der Waals surface area contributed by atoms with Gasteiger partial charge in [-0.05, 0) is 6.42 Å². The second kappa shape index (κ2) is 13.3. The summed E-state index contributed by atoms with van der Waals surface area (Å²) in [5.41, 5.74) is 0.897. The van der Waals surface area contributed by atoms with Gasteiger partial charge in [-0.2, -0.15) is 0 Å². The van der Waals surface area contributed by atoms with Crippen LogP contribution in [0, 0.1) is 0 Å². The van der Waals surface area contributed by atoms with Crippen LogP contribution in [0.4, 0.5) is 4.39 Å². The molecule has 0 atom stereocenters. The van der Waals surface area contributed by atoms with Gasteiger partial charge in [0.2, 0.25) is 0 Å². The van der Waals surface area contributed by atoms with Crippen LogP contribution in [0.5, 0.6) is 0 Å². The van der Waals surface area contributed by atoms with Crippen molar-refractivity contribution < 1.29 is 18.6 Å². The van der Waals surface area contributed by atoms with Gasteiger partial charge in [0, 0.05) is 5.70 Å². The maximum absolute atomic E-state index is 11.7. The van der Waals surface area contributed by atoms with Gasteiger partial charge in [-0.15, -0.1) is 0 Å². The molecule has 0 rings (SSSR count). The molecule has 5 nitrogen and oxygen atoms in total. The van der Waals surface area contributed by atoms with E-state index < -0.39 is 6.67 Å². The quantitative estimate of drug-likeness (QED) is 0.372. The SMILES string of the molecule is C=C(CC)NC(=C)NCOCCOCCOCCF. The molecule has 19 heavy (non-hydrogen) atoms. The first-order valence-electron chi connectivity index (χ1n) is 6.37. The Morgan fingerprint density at radius 1 is 1.00 bits per heavy atom. The average molecular weight is 276 g/mol. The highest BCUT2D eigenvalue weighted by Gasteiger charge is 1.94. The summed E-state index contributed by atoms with van der Waals surface area (Å²) < 4.78 is 27.1. The van der Waals surface area contributed by atoms with Gasteiger partial charge in [-0.3, -0.25) is 0 Å². The van der Waals surface area contributed by atoms with E-state index in [0.29, 0.717) is 39.0 Å². The molecule has 0 amide bonds. The second-order valence-electron chi connectivity index (χ2n) is 3.70. The van der Waals surface area contributed by atoms with Crippen molar-refractivity contribution in [1.29, 1.82) is 0 Å². The lowest BCUT2D eigenvalue weighted by atomic mass is 10.4. The van der Waals surface area contributed by atoms with Gasteiger partial charge in [0.25, 0.3) is 0 Å². The van der Waals surface area contributed by atoms with Crippen molar-refractivity contribution in [2.45, 2.75) is 13.3 Å². The Morgan fingerprint density at radius 2 is 1.58 bits per heavy atom. The molecule has 0 bridgehead atoms. The van der Waals surface area contributed by atoms with Crippen molar-refractivity contribution in [2.24, 2.45) is 0 Å². The maximum atomic E-state index is 11.7. The first kappa shape index (κ1) is 17.9. The monoisotopic (exact) mass is 276 g/mol. The Bertz CT molecular complexity index is 250. The lowest BCUT2D eigenvalue weighted by molar-refractivity contribution is 0.0100. The average Bonchev–Trinajstić information content (AvgIpc) is 2.40. The van der Waals surface area contributed by atoms with Gasteiger partial charge >= 0.3 is 0 Å². The van der Waals surface area contributed by atoms with Crippen molar-refractivity contribution in [3.05, 3.63) is 24.7 Å². The van der Waals surface area contributed by atoms with Crippen LogP contribution in [0.15, 0.2) is 24.7 Å². The minimum Gasteiger partial charge on any atom is -0.377 e. The molecule has 0 saturated heterocycles. The minimum atomic E-state index is -0.461. The molecule has 0 aliphatic carbocycles. The summed E-state index contributed by atoms with van der Waals surface area (Å²) >= 11 is 0. The lowest BCUT2D eigenvalue weighted by Gasteiger charge is -2.13. The summed E-state index contributed by atoms with van der Waals surface area (Å²) in [5.74, 6) is 0.660. The number of alkyl halides is 1. The second-order valence-corrected chi connectivity index (χ2v) is 3.70. The van der Waals surface area contributed by atoms with Crippen LogP contribution >= 0.6 is 0 Å². The fourth-order valence-corrected chi connectivity index (χ4v) is 1.05. The molecule has 0 spiro atoms. The van der Waals surface area contributed by atoms with E-state index in [9.17, 15) is 4.39 Å². The summed E-state index contributed by atoms with van der Waals surface area (Å²) in [6.45, 7) is 11.4. The minimum absolute atomic E-state index is 0.127. The number of ether oxygens (including phenoxy) is 3. The summed E-state index contributed by atoms with van der Waals surface area (Å²) in [4.78, 5) is 0. The van der Waals surface area contributed by atoms with E-state index in [2.05, 4.69) is 23.8 Å². The molecule has 0 radical (unpaired) electrons.